The quantitative estimate of drug-likeness (QED) is 0.582. The Morgan fingerprint density at radius 3 is 2.29 bits per heavy atom. The molecule has 0 atom stereocenters. The fourth-order valence-corrected chi connectivity index (χ4v) is 4.29. The summed E-state index contributed by atoms with van der Waals surface area (Å²) in [5.41, 5.74) is 7.19. The largest absolute Gasteiger partial charge is 0.369 e. The summed E-state index contributed by atoms with van der Waals surface area (Å²) in [4.78, 5) is 33.8. The summed E-state index contributed by atoms with van der Waals surface area (Å²) in [6.45, 7) is 4.38. The van der Waals surface area contributed by atoms with Crippen molar-refractivity contribution in [2.24, 2.45) is 0 Å². The zero-order chi connectivity index (χ0) is 21.5. The van der Waals surface area contributed by atoms with Gasteiger partial charge in [0.05, 0.1) is 6.20 Å². The number of nitrogens with one attached hydrogen (secondary N) is 2. The molecule has 2 aromatic carbocycles. The molecule has 1 fully saturated rings. The molecule has 2 amide bonds. The first kappa shape index (κ1) is 21.0. The van der Waals surface area contributed by atoms with Gasteiger partial charge in [-0.25, -0.2) is 4.98 Å². The minimum atomic E-state index is -0.357. The summed E-state index contributed by atoms with van der Waals surface area (Å²) in [5, 5.41) is 0.770. The predicted octanol–water partition coefficient (Wildman–Crippen LogP) is 2.78. The first-order chi connectivity index (χ1) is 15.2. The van der Waals surface area contributed by atoms with E-state index in [4.69, 9.17) is 0 Å². The SMILES string of the molecule is O=C(CCN1CCN(c2ccccc2)CC1)NNC(=O)c1cnc(-c2ccccc2)s1. The van der Waals surface area contributed by atoms with Gasteiger partial charge in [-0.05, 0) is 12.1 Å². The second-order valence-corrected chi connectivity index (χ2v) is 8.34. The Morgan fingerprint density at radius 2 is 1.58 bits per heavy atom. The highest BCUT2D eigenvalue weighted by atomic mass is 32.1. The summed E-state index contributed by atoms with van der Waals surface area (Å²) < 4.78 is 0. The molecule has 0 aliphatic carbocycles. The highest BCUT2D eigenvalue weighted by molar-refractivity contribution is 7.16. The van der Waals surface area contributed by atoms with Crippen LogP contribution >= 0.6 is 11.3 Å². The van der Waals surface area contributed by atoms with Crippen LogP contribution in [0, 0.1) is 0 Å². The molecule has 1 saturated heterocycles. The molecule has 4 rings (SSSR count). The maximum atomic E-state index is 12.3. The van der Waals surface area contributed by atoms with E-state index in [1.165, 1.54) is 23.2 Å². The normalized spacial score (nSPS) is 14.3. The van der Waals surface area contributed by atoms with Crippen molar-refractivity contribution in [3.05, 3.63) is 71.7 Å². The molecule has 3 aromatic rings. The number of thiazole rings is 1. The van der Waals surface area contributed by atoms with Gasteiger partial charge in [0.2, 0.25) is 5.91 Å². The predicted molar refractivity (Wildman–Crippen MR) is 123 cm³/mol. The van der Waals surface area contributed by atoms with E-state index in [0.29, 0.717) is 17.8 Å². The van der Waals surface area contributed by atoms with Crippen LogP contribution in [0.1, 0.15) is 16.1 Å². The molecule has 1 aromatic heterocycles. The number of carbonyl (C=O) groups excluding carboxylic acids is 2. The van der Waals surface area contributed by atoms with Crippen LogP contribution < -0.4 is 15.8 Å². The van der Waals surface area contributed by atoms with Gasteiger partial charge in [0, 0.05) is 50.4 Å². The van der Waals surface area contributed by atoms with E-state index >= 15 is 0 Å². The topological polar surface area (TPSA) is 77.6 Å². The van der Waals surface area contributed by atoms with Crippen LogP contribution in [0.3, 0.4) is 0 Å². The van der Waals surface area contributed by atoms with E-state index in [9.17, 15) is 9.59 Å². The monoisotopic (exact) mass is 435 g/mol. The molecule has 0 bridgehead atoms. The number of carbonyl (C=O) groups is 2. The Balaban J connectivity index is 1.17. The Labute approximate surface area is 185 Å². The molecule has 2 N–H and O–H groups in total. The van der Waals surface area contributed by atoms with Crippen LogP contribution in [0.25, 0.3) is 10.6 Å². The summed E-state index contributed by atoms with van der Waals surface area (Å²) in [6, 6.07) is 20.1. The minimum Gasteiger partial charge on any atom is -0.369 e. The van der Waals surface area contributed by atoms with Crippen LogP contribution in [-0.2, 0) is 4.79 Å². The summed E-state index contributed by atoms with van der Waals surface area (Å²) in [7, 11) is 0. The van der Waals surface area contributed by atoms with Crippen LogP contribution in [0.15, 0.2) is 66.9 Å². The van der Waals surface area contributed by atoms with E-state index in [-0.39, 0.29) is 11.8 Å². The summed E-state index contributed by atoms with van der Waals surface area (Å²) in [5.74, 6) is -0.559. The average molecular weight is 436 g/mol. The van der Waals surface area contributed by atoms with Gasteiger partial charge in [0.1, 0.15) is 9.88 Å². The molecule has 0 unspecified atom stereocenters. The van der Waals surface area contributed by atoms with Gasteiger partial charge in [0.25, 0.3) is 5.91 Å². The number of nitrogens with zero attached hydrogens (tertiary/aromatic N) is 3. The molecule has 0 radical (unpaired) electrons. The van der Waals surface area contributed by atoms with Crippen molar-refractivity contribution in [2.45, 2.75) is 6.42 Å². The first-order valence-electron chi connectivity index (χ1n) is 10.3. The smallest absolute Gasteiger partial charge is 0.281 e. The maximum absolute atomic E-state index is 12.3. The van der Waals surface area contributed by atoms with E-state index < -0.39 is 0 Å². The standard InChI is InChI=1S/C23H25N5O2S/c29-21(11-12-27-13-15-28(16-14-27)19-9-5-2-6-10-19)25-26-22(30)20-17-24-23(31-20)18-7-3-1-4-8-18/h1-10,17H,11-16H2,(H,25,29)(H,26,30). The van der Waals surface area contributed by atoms with Crippen LogP contribution in [0.4, 0.5) is 5.69 Å². The van der Waals surface area contributed by atoms with E-state index in [1.54, 1.807) is 0 Å². The molecule has 7 nitrogen and oxygen atoms in total. The maximum Gasteiger partial charge on any atom is 0.281 e. The molecular weight excluding hydrogens is 410 g/mol. The Kier molecular flexibility index (Phi) is 6.91. The van der Waals surface area contributed by atoms with Gasteiger partial charge >= 0.3 is 0 Å². The van der Waals surface area contributed by atoms with Gasteiger partial charge in [-0.15, -0.1) is 11.3 Å². The third-order valence-electron chi connectivity index (χ3n) is 5.21. The average Bonchev–Trinajstić information content (AvgIpc) is 3.33. The molecule has 160 valence electrons. The molecule has 0 saturated carbocycles. The van der Waals surface area contributed by atoms with Crippen molar-refractivity contribution in [1.29, 1.82) is 0 Å². The second kappa shape index (κ2) is 10.2. The van der Waals surface area contributed by atoms with Crippen molar-refractivity contribution < 1.29 is 9.59 Å². The lowest BCUT2D eigenvalue weighted by atomic mass is 10.2. The third-order valence-corrected chi connectivity index (χ3v) is 6.26. The zero-order valence-electron chi connectivity index (χ0n) is 17.2. The van der Waals surface area contributed by atoms with Crippen molar-refractivity contribution >= 4 is 28.8 Å². The highest BCUT2D eigenvalue weighted by Gasteiger charge is 2.18. The molecule has 2 heterocycles. The number of para-hydroxylation sites is 1. The van der Waals surface area contributed by atoms with E-state index in [0.717, 1.165) is 36.8 Å². The highest BCUT2D eigenvalue weighted by Crippen LogP contribution is 2.24. The van der Waals surface area contributed by atoms with Crippen LogP contribution in [0.5, 0.6) is 0 Å². The third kappa shape index (κ3) is 5.68. The molecule has 1 aliphatic rings. The Hall–Kier alpha value is -3.23. The van der Waals surface area contributed by atoms with Crippen molar-refractivity contribution in [1.82, 2.24) is 20.7 Å². The fourth-order valence-electron chi connectivity index (χ4n) is 3.47. The minimum absolute atomic E-state index is 0.202. The summed E-state index contributed by atoms with van der Waals surface area (Å²) >= 11 is 1.29. The number of anilines is 1. The van der Waals surface area contributed by atoms with Gasteiger partial charge in [-0.1, -0.05) is 48.5 Å². The molecule has 31 heavy (non-hydrogen) atoms. The molecule has 1 aliphatic heterocycles. The number of amides is 2. The van der Waals surface area contributed by atoms with E-state index in [1.807, 2.05) is 36.4 Å². The van der Waals surface area contributed by atoms with Crippen LogP contribution in [0.2, 0.25) is 0 Å². The van der Waals surface area contributed by atoms with Gasteiger partial charge < -0.3 is 4.90 Å². The Morgan fingerprint density at radius 1 is 0.903 bits per heavy atom. The van der Waals surface area contributed by atoms with Gasteiger partial charge in [0.15, 0.2) is 0 Å². The second-order valence-electron chi connectivity index (χ2n) is 7.31. The number of hydrazine groups is 1. The molecule has 8 heteroatoms. The number of rotatable bonds is 6. The lowest BCUT2D eigenvalue weighted by Gasteiger charge is -2.36. The lowest BCUT2D eigenvalue weighted by molar-refractivity contribution is -0.122. The zero-order valence-corrected chi connectivity index (χ0v) is 18.0. The summed E-state index contributed by atoms with van der Waals surface area (Å²) in [6.07, 6.45) is 1.87. The number of aromatic nitrogens is 1. The lowest BCUT2D eigenvalue weighted by Crippen LogP contribution is -2.48. The van der Waals surface area contributed by atoms with Crippen molar-refractivity contribution in [3.8, 4) is 10.6 Å². The van der Waals surface area contributed by atoms with Crippen LogP contribution in [-0.4, -0.2) is 54.4 Å². The number of hydrogen-bond acceptors (Lipinski definition) is 6. The van der Waals surface area contributed by atoms with Crippen molar-refractivity contribution in [2.75, 3.05) is 37.6 Å². The van der Waals surface area contributed by atoms with Gasteiger partial charge in [-0.2, -0.15) is 0 Å². The number of piperazine rings is 1. The molecule has 0 spiro atoms. The van der Waals surface area contributed by atoms with Gasteiger partial charge in [-0.3, -0.25) is 25.3 Å². The number of hydrogen-bond donors (Lipinski definition) is 2. The van der Waals surface area contributed by atoms with Crippen molar-refractivity contribution in [3.63, 3.8) is 0 Å². The first-order valence-corrected chi connectivity index (χ1v) is 11.1. The fraction of sp³-hybridized carbons (Fsp3) is 0.261. The van der Waals surface area contributed by atoms with E-state index in [2.05, 4.69) is 49.9 Å². The Bertz CT molecular complexity index is 1000. The number of benzene rings is 2. The molecular formula is C23H25N5O2S.